The van der Waals surface area contributed by atoms with Gasteiger partial charge in [-0.2, -0.15) is 0 Å². The molecule has 18 heavy (non-hydrogen) atoms. The molecule has 3 heterocycles. The Kier molecular flexibility index (Phi) is 3.21. The molecule has 0 saturated carbocycles. The van der Waals surface area contributed by atoms with Crippen LogP contribution in [0.1, 0.15) is 13.3 Å². The van der Waals surface area contributed by atoms with Crippen LogP contribution in [0.4, 0.5) is 5.82 Å². The molecule has 0 radical (unpaired) electrons. The van der Waals surface area contributed by atoms with Gasteiger partial charge in [0.2, 0.25) is 0 Å². The Labute approximate surface area is 113 Å². The maximum atomic E-state index is 4.58. The lowest BCUT2D eigenvalue weighted by Gasteiger charge is -2.06. The van der Waals surface area contributed by atoms with Crippen LogP contribution in [0.15, 0.2) is 22.3 Å². The summed E-state index contributed by atoms with van der Waals surface area (Å²) in [5.74, 6) is 1.61. The lowest BCUT2D eigenvalue weighted by molar-refractivity contribution is 0.970. The van der Waals surface area contributed by atoms with Crippen LogP contribution in [0.2, 0.25) is 0 Å². The highest BCUT2D eigenvalue weighted by atomic mass is 32.1. The van der Waals surface area contributed by atoms with Crippen LogP contribution in [0.3, 0.4) is 0 Å². The molecule has 0 fully saturated rings. The van der Waals surface area contributed by atoms with Crippen molar-refractivity contribution in [2.24, 2.45) is 0 Å². The quantitative estimate of drug-likeness (QED) is 0.790. The minimum atomic E-state index is 0.699. The van der Waals surface area contributed by atoms with Crippen LogP contribution in [0.25, 0.3) is 21.7 Å². The van der Waals surface area contributed by atoms with E-state index in [-0.39, 0.29) is 0 Å². The largest absolute Gasteiger partial charge is 0.369 e. The number of nitrogens with one attached hydrogen (secondary N) is 1. The molecule has 3 rings (SSSR count). The summed E-state index contributed by atoms with van der Waals surface area (Å²) in [5.41, 5.74) is 2.64. The Hall–Kier alpha value is -1.53. The van der Waals surface area contributed by atoms with Crippen molar-refractivity contribution < 1.29 is 0 Å². The lowest BCUT2D eigenvalue weighted by Crippen LogP contribution is -2.04. The van der Waals surface area contributed by atoms with Gasteiger partial charge in [0.15, 0.2) is 5.82 Å². The number of rotatable bonds is 4. The van der Waals surface area contributed by atoms with Crippen molar-refractivity contribution in [3.63, 3.8) is 0 Å². The third kappa shape index (κ3) is 2.09. The van der Waals surface area contributed by atoms with Crippen molar-refractivity contribution in [1.29, 1.82) is 0 Å². The van der Waals surface area contributed by atoms with Crippen molar-refractivity contribution in [2.75, 3.05) is 11.9 Å². The number of thiazole rings is 1. The van der Waals surface area contributed by atoms with E-state index < -0.39 is 0 Å². The Morgan fingerprint density at radius 1 is 1.33 bits per heavy atom. The number of thiophene rings is 1. The average Bonchev–Trinajstić information content (AvgIpc) is 3.05. The molecule has 3 aromatic heterocycles. The van der Waals surface area contributed by atoms with Gasteiger partial charge in [0.05, 0.1) is 10.9 Å². The molecule has 0 saturated heterocycles. The van der Waals surface area contributed by atoms with Crippen LogP contribution in [-0.4, -0.2) is 21.5 Å². The van der Waals surface area contributed by atoms with Gasteiger partial charge in [-0.05, 0) is 17.9 Å². The van der Waals surface area contributed by atoms with E-state index in [0.29, 0.717) is 5.82 Å². The van der Waals surface area contributed by atoms with Crippen LogP contribution < -0.4 is 5.32 Å². The molecule has 0 bridgehead atoms. The van der Waals surface area contributed by atoms with Crippen molar-refractivity contribution in [1.82, 2.24) is 15.0 Å². The van der Waals surface area contributed by atoms with E-state index in [1.165, 1.54) is 0 Å². The van der Waals surface area contributed by atoms with Gasteiger partial charge >= 0.3 is 0 Å². The summed E-state index contributed by atoms with van der Waals surface area (Å²) in [6.07, 6.45) is 1.07. The fourth-order valence-corrected chi connectivity index (χ4v) is 2.97. The zero-order valence-corrected chi connectivity index (χ0v) is 11.5. The third-order valence-electron chi connectivity index (χ3n) is 2.53. The van der Waals surface area contributed by atoms with Crippen LogP contribution in [-0.2, 0) is 0 Å². The van der Waals surface area contributed by atoms with Gasteiger partial charge in [-0.15, -0.1) is 22.7 Å². The average molecular weight is 276 g/mol. The minimum Gasteiger partial charge on any atom is -0.369 e. The number of fused-ring (bicyclic) bond motifs is 1. The Balaban J connectivity index is 2.11. The normalized spacial score (nSPS) is 10.9. The summed E-state index contributed by atoms with van der Waals surface area (Å²) < 4.78 is 0. The molecule has 0 spiro atoms. The maximum Gasteiger partial charge on any atom is 0.182 e. The Bertz CT molecular complexity index is 645. The molecule has 0 aliphatic rings. The maximum absolute atomic E-state index is 4.58. The molecule has 1 N–H and O–H groups in total. The molecule has 92 valence electrons. The van der Waals surface area contributed by atoms with Crippen molar-refractivity contribution in [3.05, 3.63) is 22.3 Å². The molecule has 0 amide bonds. The summed E-state index contributed by atoms with van der Waals surface area (Å²) in [5, 5.41) is 8.46. The molecule has 0 aliphatic heterocycles. The second kappa shape index (κ2) is 4.99. The van der Waals surface area contributed by atoms with Crippen LogP contribution in [0, 0.1) is 0 Å². The Morgan fingerprint density at radius 3 is 3.06 bits per heavy atom. The first-order chi connectivity index (χ1) is 8.88. The zero-order chi connectivity index (χ0) is 12.4. The highest BCUT2D eigenvalue weighted by molar-refractivity contribution is 7.16. The monoisotopic (exact) mass is 276 g/mol. The zero-order valence-electron chi connectivity index (χ0n) is 9.88. The molecule has 0 atom stereocenters. The van der Waals surface area contributed by atoms with Crippen molar-refractivity contribution in [3.8, 4) is 11.5 Å². The van der Waals surface area contributed by atoms with E-state index in [9.17, 15) is 0 Å². The number of anilines is 1. The van der Waals surface area contributed by atoms with Gasteiger partial charge in [0, 0.05) is 11.9 Å². The summed E-state index contributed by atoms with van der Waals surface area (Å²) in [6.45, 7) is 3.05. The molecular weight excluding hydrogens is 264 g/mol. The molecule has 0 aliphatic carbocycles. The van der Waals surface area contributed by atoms with E-state index in [1.807, 2.05) is 10.8 Å². The van der Waals surface area contributed by atoms with E-state index in [4.69, 9.17) is 0 Å². The third-order valence-corrected chi connectivity index (χ3v) is 3.92. The Morgan fingerprint density at radius 2 is 2.28 bits per heavy atom. The van der Waals surface area contributed by atoms with E-state index in [2.05, 4.69) is 33.3 Å². The molecule has 0 aromatic carbocycles. The van der Waals surface area contributed by atoms with E-state index in [1.54, 1.807) is 28.2 Å². The minimum absolute atomic E-state index is 0.699. The fraction of sp³-hybridized carbons (Fsp3) is 0.250. The summed E-state index contributed by atoms with van der Waals surface area (Å²) >= 11 is 3.19. The van der Waals surface area contributed by atoms with E-state index >= 15 is 0 Å². The lowest BCUT2D eigenvalue weighted by atomic mass is 10.3. The van der Waals surface area contributed by atoms with Gasteiger partial charge in [0.1, 0.15) is 16.3 Å². The molecule has 3 aromatic rings. The number of hydrogen-bond acceptors (Lipinski definition) is 6. The smallest absolute Gasteiger partial charge is 0.182 e. The molecule has 0 unspecified atom stereocenters. The van der Waals surface area contributed by atoms with Gasteiger partial charge in [-0.25, -0.2) is 15.0 Å². The highest BCUT2D eigenvalue weighted by Gasteiger charge is 2.11. The van der Waals surface area contributed by atoms with Gasteiger partial charge in [-0.3, -0.25) is 0 Å². The first kappa shape index (κ1) is 11.6. The van der Waals surface area contributed by atoms with Crippen LogP contribution in [0.5, 0.6) is 0 Å². The number of aromatic nitrogens is 3. The predicted molar refractivity (Wildman–Crippen MR) is 77.3 cm³/mol. The SMILES string of the molecule is CCCNc1nc(-c2cscn2)nc2sccc12. The first-order valence-electron chi connectivity index (χ1n) is 5.76. The van der Waals surface area contributed by atoms with Crippen LogP contribution >= 0.6 is 22.7 Å². The second-order valence-corrected chi connectivity index (χ2v) is 5.45. The van der Waals surface area contributed by atoms with Gasteiger partial charge < -0.3 is 5.32 Å². The van der Waals surface area contributed by atoms with Crippen molar-refractivity contribution >= 4 is 38.7 Å². The number of nitrogens with zero attached hydrogens (tertiary/aromatic N) is 3. The van der Waals surface area contributed by atoms with E-state index in [0.717, 1.165) is 34.7 Å². The second-order valence-electron chi connectivity index (χ2n) is 3.84. The van der Waals surface area contributed by atoms with Gasteiger partial charge in [-0.1, -0.05) is 6.92 Å². The molecular formula is C12H12N4S2. The van der Waals surface area contributed by atoms with Crippen molar-refractivity contribution in [2.45, 2.75) is 13.3 Å². The number of hydrogen-bond donors (Lipinski definition) is 1. The molecule has 4 nitrogen and oxygen atoms in total. The summed E-state index contributed by atoms with van der Waals surface area (Å²) in [7, 11) is 0. The fourth-order valence-electron chi connectivity index (χ4n) is 1.67. The predicted octanol–water partition coefficient (Wildman–Crippen LogP) is 3.64. The topological polar surface area (TPSA) is 50.7 Å². The standard InChI is InChI=1S/C12H12N4S2/c1-2-4-13-10-8-3-5-18-12(8)16-11(15-10)9-6-17-7-14-9/h3,5-7H,2,4H2,1H3,(H,13,15,16). The highest BCUT2D eigenvalue weighted by Crippen LogP contribution is 2.28. The summed E-state index contributed by atoms with van der Waals surface area (Å²) in [6, 6.07) is 2.06. The molecule has 6 heteroatoms. The summed E-state index contributed by atoms with van der Waals surface area (Å²) in [4.78, 5) is 14.4. The first-order valence-corrected chi connectivity index (χ1v) is 7.58. The van der Waals surface area contributed by atoms with Gasteiger partial charge in [0.25, 0.3) is 0 Å².